The van der Waals surface area contributed by atoms with Crippen LogP contribution in [-0.4, -0.2) is 24.2 Å². The van der Waals surface area contributed by atoms with E-state index in [0.717, 1.165) is 26.2 Å². The van der Waals surface area contributed by atoms with Gasteiger partial charge in [-0.15, -0.1) is 11.3 Å². The predicted octanol–water partition coefficient (Wildman–Crippen LogP) is 3.34. The molecule has 0 bridgehead atoms. The quantitative estimate of drug-likeness (QED) is 0.869. The van der Waals surface area contributed by atoms with Crippen LogP contribution in [0.5, 0.6) is 0 Å². The summed E-state index contributed by atoms with van der Waals surface area (Å²) in [4.78, 5) is 6.29. The van der Waals surface area contributed by atoms with Crippen molar-refractivity contribution in [3.63, 3.8) is 0 Å². The van der Waals surface area contributed by atoms with E-state index in [4.69, 9.17) is 9.72 Å². The Bertz CT molecular complexity index is 395. The fourth-order valence-corrected chi connectivity index (χ4v) is 3.66. The Kier molecular flexibility index (Phi) is 5.37. The van der Waals surface area contributed by atoms with Crippen molar-refractivity contribution in [3.05, 3.63) is 15.6 Å². The van der Waals surface area contributed by atoms with Gasteiger partial charge in [-0.2, -0.15) is 0 Å². The average Bonchev–Trinajstić information content (AvgIpc) is 2.96. The van der Waals surface area contributed by atoms with Crippen LogP contribution in [0, 0.1) is 5.92 Å². The summed E-state index contributed by atoms with van der Waals surface area (Å²) in [7, 11) is 0. The summed E-state index contributed by atoms with van der Waals surface area (Å²) in [6, 6.07) is 0.522. The van der Waals surface area contributed by atoms with Crippen molar-refractivity contribution in [2.75, 3.05) is 13.2 Å². The van der Waals surface area contributed by atoms with E-state index in [2.05, 4.69) is 33.0 Å². The van der Waals surface area contributed by atoms with Gasteiger partial charge in [0.15, 0.2) is 0 Å². The highest BCUT2D eigenvalue weighted by Crippen LogP contribution is 2.28. The van der Waals surface area contributed by atoms with E-state index in [-0.39, 0.29) is 0 Å². The number of nitrogens with zero attached hydrogens (tertiary/aromatic N) is 1. The van der Waals surface area contributed by atoms with E-state index in [1.165, 1.54) is 22.0 Å². The summed E-state index contributed by atoms with van der Waals surface area (Å²) in [6.45, 7) is 11.6. The molecular weight excluding hydrogens is 256 g/mol. The summed E-state index contributed by atoms with van der Waals surface area (Å²) in [5, 5.41) is 4.80. The molecule has 1 aliphatic rings. The van der Waals surface area contributed by atoms with E-state index in [1.807, 2.05) is 11.3 Å². The largest absolute Gasteiger partial charge is 0.381 e. The molecule has 1 unspecified atom stereocenters. The van der Waals surface area contributed by atoms with E-state index < -0.39 is 0 Å². The highest BCUT2D eigenvalue weighted by atomic mass is 32.1. The highest BCUT2D eigenvalue weighted by Gasteiger charge is 2.20. The predicted molar refractivity (Wildman–Crippen MR) is 80.8 cm³/mol. The molecule has 0 saturated carbocycles. The molecular formula is C15H26N2OS. The Labute approximate surface area is 120 Å². The van der Waals surface area contributed by atoms with Crippen LogP contribution in [0.3, 0.4) is 0 Å². The molecule has 1 fully saturated rings. The second kappa shape index (κ2) is 6.82. The Morgan fingerprint density at radius 1 is 1.37 bits per heavy atom. The Hall–Kier alpha value is -0.450. The topological polar surface area (TPSA) is 34.1 Å². The normalized spacial score (nSPS) is 19.8. The number of thiazole rings is 1. The van der Waals surface area contributed by atoms with Crippen LogP contribution >= 0.6 is 11.3 Å². The lowest BCUT2D eigenvalue weighted by Crippen LogP contribution is -2.22. The molecule has 108 valence electrons. The molecule has 2 rings (SSSR count). The molecule has 0 aromatic carbocycles. The van der Waals surface area contributed by atoms with Gasteiger partial charge in [-0.25, -0.2) is 4.98 Å². The molecule has 0 amide bonds. The SMILES string of the molecule is CC(C)NCc1sc(CC2CCOC2)nc1C(C)C. The van der Waals surface area contributed by atoms with E-state index in [9.17, 15) is 0 Å². The highest BCUT2D eigenvalue weighted by molar-refractivity contribution is 7.11. The summed E-state index contributed by atoms with van der Waals surface area (Å²) in [5.41, 5.74) is 1.28. The Morgan fingerprint density at radius 2 is 2.16 bits per heavy atom. The van der Waals surface area contributed by atoms with Gasteiger partial charge < -0.3 is 10.1 Å². The van der Waals surface area contributed by atoms with Crippen LogP contribution in [0.2, 0.25) is 0 Å². The summed E-state index contributed by atoms with van der Waals surface area (Å²) < 4.78 is 5.46. The van der Waals surface area contributed by atoms with Crippen molar-refractivity contribution in [3.8, 4) is 0 Å². The monoisotopic (exact) mass is 282 g/mol. The molecule has 0 spiro atoms. The van der Waals surface area contributed by atoms with Gasteiger partial charge in [0, 0.05) is 37.1 Å². The molecule has 19 heavy (non-hydrogen) atoms. The van der Waals surface area contributed by atoms with Crippen LogP contribution in [0.25, 0.3) is 0 Å². The Morgan fingerprint density at radius 3 is 2.74 bits per heavy atom. The minimum Gasteiger partial charge on any atom is -0.381 e. The molecule has 1 aromatic rings. The first-order valence-corrected chi connectivity index (χ1v) is 8.17. The molecule has 1 N–H and O–H groups in total. The summed E-state index contributed by atoms with van der Waals surface area (Å²) in [5.74, 6) is 1.19. The third-order valence-electron chi connectivity index (χ3n) is 3.48. The zero-order valence-corrected chi connectivity index (χ0v) is 13.3. The number of ether oxygens (including phenoxy) is 1. The van der Waals surface area contributed by atoms with Gasteiger partial charge in [0.05, 0.1) is 10.7 Å². The van der Waals surface area contributed by atoms with Crippen molar-refractivity contribution in [1.82, 2.24) is 10.3 Å². The number of aromatic nitrogens is 1. The first-order chi connectivity index (χ1) is 9.06. The maximum Gasteiger partial charge on any atom is 0.0935 e. The van der Waals surface area contributed by atoms with Crippen LogP contribution in [0.15, 0.2) is 0 Å². The van der Waals surface area contributed by atoms with Crippen LogP contribution < -0.4 is 5.32 Å². The first-order valence-electron chi connectivity index (χ1n) is 7.35. The van der Waals surface area contributed by atoms with Gasteiger partial charge in [-0.1, -0.05) is 27.7 Å². The number of rotatable bonds is 6. The van der Waals surface area contributed by atoms with Crippen LogP contribution in [0.4, 0.5) is 0 Å². The second-order valence-corrected chi connectivity index (χ2v) is 7.21. The molecule has 0 radical (unpaired) electrons. The lowest BCUT2D eigenvalue weighted by atomic mass is 10.1. The zero-order chi connectivity index (χ0) is 13.8. The maximum absolute atomic E-state index is 5.46. The maximum atomic E-state index is 5.46. The standard InChI is InChI=1S/C15H26N2OS/c1-10(2)15-13(8-16-11(3)4)19-14(17-15)7-12-5-6-18-9-12/h10-12,16H,5-9H2,1-4H3. The number of nitrogens with one attached hydrogen (secondary N) is 1. The average molecular weight is 282 g/mol. The van der Waals surface area contributed by atoms with Gasteiger partial charge in [-0.05, 0) is 18.3 Å². The zero-order valence-electron chi connectivity index (χ0n) is 12.5. The van der Waals surface area contributed by atoms with Crippen molar-refractivity contribution in [1.29, 1.82) is 0 Å². The Balaban J connectivity index is 2.05. The number of hydrogen-bond donors (Lipinski definition) is 1. The molecule has 2 heterocycles. The van der Waals surface area contributed by atoms with E-state index >= 15 is 0 Å². The third-order valence-corrected chi connectivity index (χ3v) is 4.57. The lowest BCUT2D eigenvalue weighted by molar-refractivity contribution is 0.186. The second-order valence-electron chi connectivity index (χ2n) is 6.04. The van der Waals surface area contributed by atoms with Crippen molar-refractivity contribution in [2.45, 2.75) is 59.0 Å². The molecule has 4 heteroatoms. The smallest absolute Gasteiger partial charge is 0.0935 e. The lowest BCUT2D eigenvalue weighted by Gasteiger charge is -2.09. The molecule has 1 aromatic heterocycles. The third kappa shape index (κ3) is 4.26. The van der Waals surface area contributed by atoms with Crippen molar-refractivity contribution >= 4 is 11.3 Å². The molecule has 3 nitrogen and oxygen atoms in total. The van der Waals surface area contributed by atoms with Crippen LogP contribution in [-0.2, 0) is 17.7 Å². The fourth-order valence-electron chi connectivity index (χ4n) is 2.37. The van der Waals surface area contributed by atoms with Gasteiger partial charge in [-0.3, -0.25) is 0 Å². The minimum absolute atomic E-state index is 0.508. The van der Waals surface area contributed by atoms with Gasteiger partial charge in [0.1, 0.15) is 0 Å². The fraction of sp³-hybridized carbons (Fsp3) is 0.800. The summed E-state index contributed by atoms with van der Waals surface area (Å²) >= 11 is 1.89. The van der Waals surface area contributed by atoms with E-state index in [0.29, 0.717) is 17.9 Å². The van der Waals surface area contributed by atoms with Crippen LogP contribution in [0.1, 0.15) is 55.6 Å². The van der Waals surface area contributed by atoms with Gasteiger partial charge in [0.25, 0.3) is 0 Å². The van der Waals surface area contributed by atoms with Gasteiger partial charge >= 0.3 is 0 Å². The first kappa shape index (κ1) is 14.9. The number of hydrogen-bond acceptors (Lipinski definition) is 4. The van der Waals surface area contributed by atoms with Gasteiger partial charge in [0.2, 0.25) is 0 Å². The molecule has 1 saturated heterocycles. The van der Waals surface area contributed by atoms with E-state index in [1.54, 1.807) is 0 Å². The molecule has 0 aliphatic carbocycles. The van der Waals surface area contributed by atoms with Crippen molar-refractivity contribution in [2.24, 2.45) is 5.92 Å². The molecule has 1 aliphatic heterocycles. The molecule has 1 atom stereocenters. The summed E-state index contributed by atoms with van der Waals surface area (Å²) in [6.07, 6.45) is 2.28. The van der Waals surface area contributed by atoms with Crippen molar-refractivity contribution < 1.29 is 4.74 Å². The minimum atomic E-state index is 0.508.